The summed E-state index contributed by atoms with van der Waals surface area (Å²) in [6.07, 6.45) is 3.35. The zero-order chi connectivity index (χ0) is 9.97. The SMILES string of the molecule is O=C(O)c1ccn(Cc2ccns2)n1. The van der Waals surface area contributed by atoms with Crippen LogP contribution in [0.5, 0.6) is 0 Å². The van der Waals surface area contributed by atoms with Gasteiger partial charge in [-0.05, 0) is 23.7 Å². The second-order valence-corrected chi connectivity index (χ2v) is 3.60. The molecule has 0 aliphatic rings. The van der Waals surface area contributed by atoms with Crippen LogP contribution in [-0.4, -0.2) is 25.2 Å². The van der Waals surface area contributed by atoms with E-state index >= 15 is 0 Å². The highest BCUT2D eigenvalue weighted by Crippen LogP contribution is 2.07. The van der Waals surface area contributed by atoms with Crippen molar-refractivity contribution in [3.05, 3.63) is 35.1 Å². The smallest absolute Gasteiger partial charge is 0.356 e. The zero-order valence-corrected chi connectivity index (χ0v) is 7.94. The summed E-state index contributed by atoms with van der Waals surface area (Å²) in [6.45, 7) is 0.567. The molecular formula is C8H7N3O2S. The van der Waals surface area contributed by atoms with Crippen molar-refractivity contribution >= 4 is 17.5 Å². The van der Waals surface area contributed by atoms with Gasteiger partial charge in [-0.3, -0.25) is 4.68 Å². The predicted octanol–water partition coefficient (Wildman–Crippen LogP) is 1.09. The minimum absolute atomic E-state index is 0.0644. The average molecular weight is 209 g/mol. The lowest BCUT2D eigenvalue weighted by Crippen LogP contribution is -2.02. The molecule has 14 heavy (non-hydrogen) atoms. The van der Waals surface area contributed by atoms with Gasteiger partial charge in [0.25, 0.3) is 0 Å². The van der Waals surface area contributed by atoms with Crippen LogP contribution in [0.25, 0.3) is 0 Å². The Kier molecular flexibility index (Phi) is 2.28. The Morgan fingerprint density at radius 1 is 1.57 bits per heavy atom. The first-order chi connectivity index (χ1) is 6.75. The Balaban J connectivity index is 2.14. The molecule has 6 heteroatoms. The maximum Gasteiger partial charge on any atom is 0.356 e. The molecule has 1 N–H and O–H groups in total. The molecule has 5 nitrogen and oxygen atoms in total. The van der Waals surface area contributed by atoms with Crippen molar-refractivity contribution in [3.8, 4) is 0 Å². The molecule has 0 fully saturated rings. The third-order valence-corrected chi connectivity index (χ3v) is 2.40. The molecule has 2 aromatic heterocycles. The van der Waals surface area contributed by atoms with Crippen LogP contribution in [0.2, 0.25) is 0 Å². The third kappa shape index (κ3) is 1.80. The average Bonchev–Trinajstić information content (AvgIpc) is 2.75. The first-order valence-corrected chi connectivity index (χ1v) is 4.69. The van der Waals surface area contributed by atoms with E-state index in [1.54, 1.807) is 17.1 Å². The van der Waals surface area contributed by atoms with E-state index in [1.807, 2.05) is 6.07 Å². The molecule has 0 unspecified atom stereocenters. The summed E-state index contributed by atoms with van der Waals surface area (Å²) >= 11 is 1.38. The van der Waals surface area contributed by atoms with E-state index in [-0.39, 0.29) is 5.69 Å². The van der Waals surface area contributed by atoms with E-state index in [9.17, 15) is 4.79 Å². The molecule has 0 aromatic carbocycles. The van der Waals surface area contributed by atoms with E-state index in [1.165, 1.54) is 17.6 Å². The van der Waals surface area contributed by atoms with Crippen LogP contribution in [0.4, 0.5) is 0 Å². The zero-order valence-electron chi connectivity index (χ0n) is 7.12. The number of carbonyl (C=O) groups is 1. The van der Waals surface area contributed by atoms with E-state index in [4.69, 9.17) is 5.11 Å². The summed E-state index contributed by atoms with van der Waals surface area (Å²) < 4.78 is 5.52. The molecular weight excluding hydrogens is 202 g/mol. The quantitative estimate of drug-likeness (QED) is 0.821. The second-order valence-electron chi connectivity index (χ2n) is 2.68. The largest absolute Gasteiger partial charge is 0.476 e. The summed E-state index contributed by atoms with van der Waals surface area (Å²) in [5.41, 5.74) is 0.0644. The Morgan fingerprint density at radius 3 is 3.00 bits per heavy atom. The summed E-state index contributed by atoms with van der Waals surface area (Å²) in [4.78, 5) is 11.6. The minimum Gasteiger partial charge on any atom is -0.476 e. The van der Waals surface area contributed by atoms with Crippen molar-refractivity contribution in [2.24, 2.45) is 0 Å². The Hall–Kier alpha value is -1.69. The lowest BCUT2D eigenvalue weighted by Gasteiger charge is -1.95. The van der Waals surface area contributed by atoms with E-state index < -0.39 is 5.97 Å². The van der Waals surface area contributed by atoms with Crippen LogP contribution in [0.1, 0.15) is 15.4 Å². The summed E-state index contributed by atoms with van der Waals surface area (Å²) in [5, 5.41) is 12.5. The van der Waals surface area contributed by atoms with Crippen molar-refractivity contribution in [1.82, 2.24) is 14.2 Å². The van der Waals surface area contributed by atoms with Crippen LogP contribution >= 0.6 is 11.5 Å². The highest BCUT2D eigenvalue weighted by Gasteiger charge is 2.06. The Bertz CT molecular complexity index is 435. The molecule has 0 bridgehead atoms. The molecule has 0 spiro atoms. The van der Waals surface area contributed by atoms with Gasteiger partial charge in [0.15, 0.2) is 5.69 Å². The van der Waals surface area contributed by atoms with Gasteiger partial charge in [0.2, 0.25) is 0 Å². The fraction of sp³-hybridized carbons (Fsp3) is 0.125. The first-order valence-electron chi connectivity index (χ1n) is 3.92. The Labute approximate surface area is 83.8 Å². The topological polar surface area (TPSA) is 68.0 Å². The lowest BCUT2D eigenvalue weighted by molar-refractivity contribution is 0.0689. The fourth-order valence-electron chi connectivity index (χ4n) is 1.05. The monoisotopic (exact) mass is 209 g/mol. The second kappa shape index (κ2) is 3.59. The number of hydrogen-bond donors (Lipinski definition) is 1. The number of hydrogen-bond acceptors (Lipinski definition) is 4. The number of carboxylic acid groups (broad SMARTS) is 1. The van der Waals surface area contributed by atoms with E-state index in [0.29, 0.717) is 6.54 Å². The molecule has 0 radical (unpaired) electrons. The van der Waals surface area contributed by atoms with Crippen molar-refractivity contribution in [2.45, 2.75) is 6.54 Å². The van der Waals surface area contributed by atoms with Gasteiger partial charge in [0.1, 0.15) is 0 Å². The minimum atomic E-state index is -1.01. The van der Waals surface area contributed by atoms with Gasteiger partial charge in [-0.25, -0.2) is 9.17 Å². The van der Waals surface area contributed by atoms with Crippen molar-refractivity contribution in [1.29, 1.82) is 0 Å². The first kappa shape index (κ1) is 8.89. The standard InChI is InChI=1S/C8H7N3O2S/c12-8(13)7-2-4-11(10-7)5-6-1-3-9-14-6/h1-4H,5H2,(H,12,13). The van der Waals surface area contributed by atoms with Crippen LogP contribution in [0.15, 0.2) is 24.5 Å². The highest BCUT2D eigenvalue weighted by atomic mass is 32.1. The van der Waals surface area contributed by atoms with Crippen molar-refractivity contribution in [3.63, 3.8) is 0 Å². The predicted molar refractivity (Wildman–Crippen MR) is 50.4 cm³/mol. The van der Waals surface area contributed by atoms with Gasteiger partial charge in [0, 0.05) is 17.3 Å². The number of carboxylic acids is 1. The third-order valence-electron chi connectivity index (χ3n) is 1.67. The van der Waals surface area contributed by atoms with E-state index in [2.05, 4.69) is 9.47 Å². The molecule has 72 valence electrons. The van der Waals surface area contributed by atoms with Gasteiger partial charge in [-0.15, -0.1) is 0 Å². The molecule has 2 aromatic rings. The van der Waals surface area contributed by atoms with Crippen LogP contribution in [0.3, 0.4) is 0 Å². The van der Waals surface area contributed by atoms with E-state index in [0.717, 1.165) is 4.88 Å². The number of nitrogens with zero attached hydrogens (tertiary/aromatic N) is 3. The molecule has 2 rings (SSSR count). The molecule has 0 aliphatic carbocycles. The normalized spacial score (nSPS) is 10.3. The number of rotatable bonds is 3. The van der Waals surface area contributed by atoms with Crippen LogP contribution < -0.4 is 0 Å². The fourth-order valence-corrected chi connectivity index (χ4v) is 1.62. The number of aromatic nitrogens is 3. The lowest BCUT2D eigenvalue weighted by atomic mass is 10.4. The van der Waals surface area contributed by atoms with Gasteiger partial charge in [-0.1, -0.05) is 0 Å². The summed E-state index contributed by atoms with van der Waals surface area (Å²) in [7, 11) is 0. The molecule has 0 saturated carbocycles. The number of aromatic carboxylic acids is 1. The van der Waals surface area contributed by atoms with Crippen LogP contribution in [0, 0.1) is 0 Å². The van der Waals surface area contributed by atoms with Gasteiger partial charge >= 0.3 is 5.97 Å². The maximum atomic E-state index is 10.5. The maximum absolute atomic E-state index is 10.5. The molecule has 0 saturated heterocycles. The molecule has 0 amide bonds. The van der Waals surface area contributed by atoms with Gasteiger partial charge in [0.05, 0.1) is 6.54 Å². The van der Waals surface area contributed by atoms with Crippen molar-refractivity contribution < 1.29 is 9.90 Å². The Morgan fingerprint density at radius 2 is 2.43 bits per heavy atom. The summed E-state index contributed by atoms with van der Waals surface area (Å²) in [6, 6.07) is 3.36. The van der Waals surface area contributed by atoms with Gasteiger partial charge < -0.3 is 5.11 Å². The van der Waals surface area contributed by atoms with Crippen molar-refractivity contribution in [2.75, 3.05) is 0 Å². The summed E-state index contributed by atoms with van der Waals surface area (Å²) in [5.74, 6) is -1.01. The van der Waals surface area contributed by atoms with Gasteiger partial charge in [-0.2, -0.15) is 5.10 Å². The molecule has 0 aliphatic heterocycles. The highest BCUT2D eigenvalue weighted by molar-refractivity contribution is 7.05. The molecule has 2 heterocycles. The van der Waals surface area contributed by atoms with Crippen LogP contribution in [-0.2, 0) is 6.54 Å². The molecule has 0 atom stereocenters.